The van der Waals surface area contributed by atoms with Gasteiger partial charge in [0.25, 0.3) is 0 Å². The third kappa shape index (κ3) is 4.73. The van der Waals surface area contributed by atoms with E-state index in [1.807, 2.05) is 24.3 Å². The third-order valence-corrected chi connectivity index (χ3v) is 3.94. The maximum atomic E-state index is 11.4. The van der Waals surface area contributed by atoms with Gasteiger partial charge in [-0.15, -0.1) is 6.54 Å². The van der Waals surface area contributed by atoms with E-state index >= 15 is 0 Å². The number of nitrogens with zero attached hydrogens (tertiary/aromatic N) is 1. The van der Waals surface area contributed by atoms with E-state index in [4.69, 9.17) is 9.94 Å². The molecule has 0 fully saturated rings. The minimum Gasteiger partial charge on any atom is -0.533 e. The van der Waals surface area contributed by atoms with Crippen LogP contribution in [-0.4, -0.2) is 36.7 Å². The number of hydrogen-bond donors (Lipinski definition) is 2. The average Bonchev–Trinajstić information content (AvgIpc) is 2.91. The standard InChI is InChI=1S/C18H17N2O4.Y/c21-17(19-10-18(22)23)11-24-20-9-16-14-7-3-1-5-12(14)13-6-2-4-8-15(13)16;/h1-8,16H,9-11H2,(H,19,21)(H,22,23);/q-1;. The number of fused-ring (bicyclic) bond motifs is 3. The van der Waals surface area contributed by atoms with Crippen molar-refractivity contribution < 1.29 is 52.2 Å². The molecule has 1 radical (unpaired) electrons. The van der Waals surface area contributed by atoms with Crippen LogP contribution < -0.4 is 5.32 Å². The molecule has 2 aromatic carbocycles. The molecule has 0 saturated heterocycles. The van der Waals surface area contributed by atoms with Crippen LogP contribution in [0.15, 0.2) is 48.5 Å². The Balaban J connectivity index is 0.00000225. The normalized spacial score (nSPS) is 12.0. The number of hydrogen-bond acceptors (Lipinski definition) is 3. The van der Waals surface area contributed by atoms with Crippen LogP contribution in [0.1, 0.15) is 17.0 Å². The summed E-state index contributed by atoms with van der Waals surface area (Å²) < 4.78 is 0. The van der Waals surface area contributed by atoms with E-state index in [9.17, 15) is 9.59 Å². The Kier molecular flexibility index (Phi) is 7.26. The molecule has 2 N–H and O–H groups in total. The first-order chi connectivity index (χ1) is 11.7. The fraction of sp³-hybridized carbons (Fsp3) is 0.222. The Morgan fingerprint density at radius 2 is 1.60 bits per heavy atom. The molecule has 3 rings (SSSR count). The number of carboxylic acid groups (broad SMARTS) is 1. The molecule has 1 amide bonds. The van der Waals surface area contributed by atoms with E-state index in [2.05, 4.69) is 35.1 Å². The number of carbonyl (C=O) groups is 2. The molecule has 0 heterocycles. The zero-order valence-electron chi connectivity index (χ0n) is 13.5. The molecule has 0 aliphatic heterocycles. The van der Waals surface area contributed by atoms with Gasteiger partial charge in [0, 0.05) is 32.7 Å². The Hall–Kier alpha value is -1.60. The summed E-state index contributed by atoms with van der Waals surface area (Å²) in [6.07, 6.45) is 0. The van der Waals surface area contributed by atoms with Crippen molar-refractivity contribution in [1.29, 1.82) is 0 Å². The number of carbonyl (C=O) groups excluding carboxylic acids is 1. The van der Waals surface area contributed by atoms with E-state index in [0.717, 1.165) is 0 Å². The Morgan fingerprint density at radius 1 is 1.04 bits per heavy atom. The minimum atomic E-state index is -1.10. The maximum Gasteiger partial charge on any atom is 0.322 e. The largest absolute Gasteiger partial charge is 0.533 e. The van der Waals surface area contributed by atoms with Crippen molar-refractivity contribution in [3.63, 3.8) is 0 Å². The monoisotopic (exact) mass is 414 g/mol. The van der Waals surface area contributed by atoms with Gasteiger partial charge in [-0.2, -0.15) is 0 Å². The fourth-order valence-corrected chi connectivity index (χ4v) is 2.91. The van der Waals surface area contributed by atoms with Gasteiger partial charge in [0.1, 0.15) is 13.2 Å². The first-order valence-electron chi connectivity index (χ1n) is 7.62. The molecule has 0 spiro atoms. The van der Waals surface area contributed by atoms with Crippen molar-refractivity contribution >= 4 is 11.9 Å². The van der Waals surface area contributed by atoms with Crippen LogP contribution in [0.25, 0.3) is 16.6 Å². The summed E-state index contributed by atoms with van der Waals surface area (Å²) in [5, 5.41) is 10.7. The van der Waals surface area contributed by atoms with Gasteiger partial charge in [-0.3, -0.25) is 9.59 Å². The predicted molar refractivity (Wildman–Crippen MR) is 88.5 cm³/mol. The second-order valence-corrected chi connectivity index (χ2v) is 5.48. The molecule has 0 aromatic heterocycles. The van der Waals surface area contributed by atoms with E-state index in [0.29, 0.717) is 6.54 Å². The second kappa shape index (κ2) is 9.20. The number of benzene rings is 2. The smallest absolute Gasteiger partial charge is 0.322 e. The van der Waals surface area contributed by atoms with Crippen LogP contribution in [0.3, 0.4) is 0 Å². The van der Waals surface area contributed by atoms with Gasteiger partial charge in [-0.1, -0.05) is 48.5 Å². The van der Waals surface area contributed by atoms with Crippen LogP contribution in [0, 0.1) is 0 Å². The number of nitrogens with one attached hydrogen (secondary N) is 1. The number of amides is 1. The summed E-state index contributed by atoms with van der Waals surface area (Å²) >= 11 is 0. The number of aliphatic carboxylic acids is 1. The Morgan fingerprint density at radius 3 is 2.16 bits per heavy atom. The van der Waals surface area contributed by atoms with Crippen molar-refractivity contribution in [3.05, 3.63) is 65.1 Å². The van der Waals surface area contributed by atoms with Crippen LogP contribution in [-0.2, 0) is 47.1 Å². The first-order valence-corrected chi connectivity index (χ1v) is 7.62. The quantitative estimate of drug-likeness (QED) is 0.538. The maximum absolute atomic E-state index is 11.4. The summed E-state index contributed by atoms with van der Waals surface area (Å²) in [7, 11) is 0. The SMILES string of the molecule is O=C(O)CNC(=O)CO[N-]CC1c2ccccc2-c2ccccc21.[Y]. The molecule has 6 nitrogen and oxygen atoms in total. The van der Waals surface area contributed by atoms with E-state index < -0.39 is 18.4 Å². The number of carboxylic acids is 1. The Labute approximate surface area is 170 Å². The summed E-state index contributed by atoms with van der Waals surface area (Å²) in [5.74, 6) is -1.51. The van der Waals surface area contributed by atoms with Crippen molar-refractivity contribution in [2.24, 2.45) is 0 Å². The summed E-state index contributed by atoms with van der Waals surface area (Å²) in [4.78, 5) is 26.8. The molecular formula is C18H17N2O4Y-. The van der Waals surface area contributed by atoms with Gasteiger partial charge in [0.15, 0.2) is 0 Å². The van der Waals surface area contributed by atoms with Crippen LogP contribution in [0.4, 0.5) is 0 Å². The summed E-state index contributed by atoms with van der Waals surface area (Å²) in [5.41, 5.74) is 8.80. The van der Waals surface area contributed by atoms with Gasteiger partial charge in [0.05, 0.1) is 0 Å². The molecule has 127 valence electrons. The van der Waals surface area contributed by atoms with Crippen LogP contribution in [0.5, 0.6) is 0 Å². The molecule has 0 bridgehead atoms. The van der Waals surface area contributed by atoms with Crippen LogP contribution >= 0.6 is 0 Å². The van der Waals surface area contributed by atoms with Crippen molar-refractivity contribution in [1.82, 2.24) is 5.32 Å². The van der Waals surface area contributed by atoms with Gasteiger partial charge in [0.2, 0.25) is 5.91 Å². The third-order valence-electron chi connectivity index (χ3n) is 3.94. The van der Waals surface area contributed by atoms with Crippen molar-refractivity contribution in [2.45, 2.75) is 5.92 Å². The van der Waals surface area contributed by atoms with Gasteiger partial charge >= 0.3 is 5.97 Å². The van der Waals surface area contributed by atoms with E-state index in [-0.39, 0.29) is 45.2 Å². The zero-order valence-corrected chi connectivity index (χ0v) is 16.4. The molecule has 0 unspecified atom stereocenters. The van der Waals surface area contributed by atoms with E-state index in [1.54, 1.807) is 0 Å². The van der Waals surface area contributed by atoms with Gasteiger partial charge in [-0.25, -0.2) is 0 Å². The van der Waals surface area contributed by atoms with Crippen molar-refractivity contribution in [2.75, 3.05) is 19.7 Å². The molecule has 1 aliphatic carbocycles. The van der Waals surface area contributed by atoms with Gasteiger partial charge in [-0.05, 0) is 28.2 Å². The molecule has 25 heavy (non-hydrogen) atoms. The van der Waals surface area contributed by atoms with Crippen LogP contribution in [0.2, 0.25) is 0 Å². The summed E-state index contributed by atoms with van der Waals surface area (Å²) in [6, 6.07) is 16.4. The van der Waals surface area contributed by atoms with Crippen molar-refractivity contribution in [3.8, 4) is 11.1 Å². The molecule has 1 aliphatic rings. The topological polar surface area (TPSA) is 89.7 Å². The Bertz CT molecular complexity index is 721. The average molecular weight is 414 g/mol. The molecular weight excluding hydrogens is 397 g/mol. The fourth-order valence-electron chi connectivity index (χ4n) is 2.91. The van der Waals surface area contributed by atoms with E-state index in [1.165, 1.54) is 22.3 Å². The minimum absolute atomic E-state index is 0. The number of rotatable bonds is 7. The number of hydroxylamine groups is 1. The summed E-state index contributed by atoms with van der Waals surface area (Å²) in [6.45, 7) is -0.310. The molecule has 0 saturated carbocycles. The zero-order chi connectivity index (χ0) is 16.9. The molecule has 0 atom stereocenters. The second-order valence-electron chi connectivity index (χ2n) is 5.48. The molecule has 7 heteroatoms. The first kappa shape index (κ1) is 19.7. The predicted octanol–water partition coefficient (Wildman–Crippen LogP) is 2.30. The molecule has 2 aromatic rings. The van der Waals surface area contributed by atoms with Gasteiger partial charge < -0.3 is 20.7 Å².